The van der Waals surface area contributed by atoms with Crippen LogP contribution in [0.1, 0.15) is 29.1 Å². The second-order valence-corrected chi connectivity index (χ2v) is 4.64. The maximum atomic E-state index is 6.07. The molecule has 0 aliphatic heterocycles. The van der Waals surface area contributed by atoms with Gasteiger partial charge in [0.05, 0.1) is 5.51 Å². The lowest BCUT2D eigenvalue weighted by Crippen LogP contribution is -2.12. The standard InChI is InChI=1S/C12H15N3S/c1-2-9-3-4-10(15-6-9)5-11(13)12-7-14-8-16-12/h3-4,6-8,11H,2,5,13H2,1H3. The topological polar surface area (TPSA) is 51.8 Å². The minimum atomic E-state index is 0.00692. The molecule has 4 heteroatoms. The van der Waals surface area contributed by atoms with Gasteiger partial charge in [0.1, 0.15) is 0 Å². The summed E-state index contributed by atoms with van der Waals surface area (Å²) in [5, 5.41) is 0. The summed E-state index contributed by atoms with van der Waals surface area (Å²) in [7, 11) is 0. The highest BCUT2D eigenvalue weighted by molar-refractivity contribution is 7.09. The quantitative estimate of drug-likeness (QED) is 0.882. The summed E-state index contributed by atoms with van der Waals surface area (Å²) >= 11 is 1.59. The monoisotopic (exact) mass is 233 g/mol. The van der Waals surface area contributed by atoms with Gasteiger partial charge in [-0.2, -0.15) is 0 Å². The summed E-state index contributed by atoms with van der Waals surface area (Å²) in [6.45, 7) is 2.12. The number of pyridine rings is 1. The Hall–Kier alpha value is -1.26. The van der Waals surface area contributed by atoms with Gasteiger partial charge in [-0.15, -0.1) is 11.3 Å². The molecule has 0 fully saturated rings. The lowest BCUT2D eigenvalue weighted by atomic mass is 10.1. The van der Waals surface area contributed by atoms with Crippen LogP contribution in [-0.4, -0.2) is 9.97 Å². The molecule has 3 nitrogen and oxygen atoms in total. The van der Waals surface area contributed by atoms with Crippen LogP contribution in [0.25, 0.3) is 0 Å². The Balaban J connectivity index is 2.03. The van der Waals surface area contributed by atoms with Crippen molar-refractivity contribution in [1.29, 1.82) is 0 Å². The summed E-state index contributed by atoms with van der Waals surface area (Å²) < 4.78 is 0. The Labute approximate surface area is 99.4 Å². The van der Waals surface area contributed by atoms with E-state index in [-0.39, 0.29) is 6.04 Å². The Morgan fingerprint density at radius 2 is 2.25 bits per heavy atom. The third-order valence-electron chi connectivity index (χ3n) is 2.54. The van der Waals surface area contributed by atoms with Crippen LogP contribution < -0.4 is 5.73 Å². The van der Waals surface area contributed by atoms with E-state index in [9.17, 15) is 0 Å². The van der Waals surface area contributed by atoms with E-state index in [1.165, 1.54) is 5.56 Å². The highest BCUT2D eigenvalue weighted by Crippen LogP contribution is 2.18. The van der Waals surface area contributed by atoms with E-state index in [2.05, 4.69) is 29.0 Å². The molecule has 2 aromatic heterocycles. The molecule has 2 rings (SSSR count). The molecular weight excluding hydrogens is 218 g/mol. The summed E-state index contributed by atoms with van der Waals surface area (Å²) in [5.41, 5.74) is 10.2. The number of thiazole rings is 1. The SMILES string of the molecule is CCc1ccc(CC(N)c2cncs2)nc1. The van der Waals surface area contributed by atoms with E-state index in [1.54, 1.807) is 11.3 Å². The largest absolute Gasteiger partial charge is 0.323 e. The molecule has 1 atom stereocenters. The van der Waals surface area contributed by atoms with Crippen LogP contribution in [0.3, 0.4) is 0 Å². The second kappa shape index (κ2) is 5.18. The van der Waals surface area contributed by atoms with Crippen LogP contribution in [0.5, 0.6) is 0 Å². The first kappa shape index (κ1) is 11.2. The zero-order valence-corrected chi connectivity index (χ0v) is 10.1. The predicted molar refractivity (Wildman–Crippen MR) is 66.4 cm³/mol. The van der Waals surface area contributed by atoms with Gasteiger partial charge < -0.3 is 5.73 Å². The van der Waals surface area contributed by atoms with Gasteiger partial charge in [0.15, 0.2) is 0 Å². The fourth-order valence-corrected chi connectivity index (χ4v) is 2.14. The van der Waals surface area contributed by atoms with E-state index >= 15 is 0 Å². The smallest absolute Gasteiger partial charge is 0.0794 e. The third-order valence-corrected chi connectivity index (χ3v) is 3.45. The zero-order chi connectivity index (χ0) is 11.4. The van der Waals surface area contributed by atoms with E-state index in [1.807, 2.05) is 17.9 Å². The summed E-state index contributed by atoms with van der Waals surface area (Å²) in [6, 6.07) is 4.18. The highest BCUT2D eigenvalue weighted by atomic mass is 32.1. The minimum absolute atomic E-state index is 0.00692. The molecule has 0 bridgehead atoms. The van der Waals surface area contributed by atoms with Crippen molar-refractivity contribution in [3.63, 3.8) is 0 Å². The Morgan fingerprint density at radius 1 is 1.38 bits per heavy atom. The molecule has 1 unspecified atom stereocenters. The molecule has 16 heavy (non-hydrogen) atoms. The number of aromatic nitrogens is 2. The number of nitrogens with zero attached hydrogens (tertiary/aromatic N) is 2. The summed E-state index contributed by atoms with van der Waals surface area (Å²) in [5.74, 6) is 0. The molecule has 2 N–H and O–H groups in total. The van der Waals surface area contributed by atoms with E-state index in [4.69, 9.17) is 5.73 Å². The van der Waals surface area contributed by atoms with Crippen LogP contribution in [-0.2, 0) is 12.8 Å². The first-order valence-electron chi connectivity index (χ1n) is 5.37. The van der Waals surface area contributed by atoms with E-state index in [0.717, 1.165) is 23.4 Å². The fourth-order valence-electron chi connectivity index (χ4n) is 1.52. The molecule has 0 amide bonds. The molecule has 0 saturated carbocycles. The van der Waals surface area contributed by atoms with Crippen molar-refractivity contribution in [2.24, 2.45) is 5.73 Å². The lowest BCUT2D eigenvalue weighted by molar-refractivity contribution is 0.717. The van der Waals surface area contributed by atoms with Crippen LogP contribution in [0, 0.1) is 0 Å². The van der Waals surface area contributed by atoms with Gasteiger partial charge in [-0.3, -0.25) is 9.97 Å². The van der Waals surface area contributed by atoms with Crippen LogP contribution in [0.2, 0.25) is 0 Å². The number of nitrogens with two attached hydrogens (primary N) is 1. The van der Waals surface area contributed by atoms with Gasteiger partial charge in [0.25, 0.3) is 0 Å². The maximum absolute atomic E-state index is 6.07. The van der Waals surface area contributed by atoms with Crippen molar-refractivity contribution in [2.75, 3.05) is 0 Å². The molecule has 0 aromatic carbocycles. The summed E-state index contributed by atoms with van der Waals surface area (Å²) in [4.78, 5) is 9.55. The summed E-state index contributed by atoms with van der Waals surface area (Å²) in [6.07, 6.45) is 5.55. The van der Waals surface area contributed by atoms with Crippen molar-refractivity contribution in [3.05, 3.63) is 46.2 Å². The number of rotatable bonds is 4. The Morgan fingerprint density at radius 3 is 2.81 bits per heavy atom. The molecular formula is C12H15N3S. The molecule has 0 spiro atoms. The number of hydrogen-bond donors (Lipinski definition) is 1. The van der Waals surface area contributed by atoms with Crippen molar-refractivity contribution < 1.29 is 0 Å². The predicted octanol–water partition coefficient (Wildman–Crippen LogP) is 2.34. The van der Waals surface area contributed by atoms with Crippen molar-refractivity contribution in [3.8, 4) is 0 Å². The first-order chi connectivity index (χ1) is 7.79. The van der Waals surface area contributed by atoms with Gasteiger partial charge in [-0.1, -0.05) is 13.0 Å². The minimum Gasteiger partial charge on any atom is -0.323 e. The first-order valence-corrected chi connectivity index (χ1v) is 6.25. The molecule has 2 aromatic rings. The molecule has 84 valence electrons. The van der Waals surface area contributed by atoms with Crippen molar-refractivity contribution in [1.82, 2.24) is 9.97 Å². The van der Waals surface area contributed by atoms with Crippen LogP contribution in [0.15, 0.2) is 30.0 Å². The van der Waals surface area contributed by atoms with E-state index in [0.29, 0.717) is 0 Å². The van der Waals surface area contributed by atoms with Crippen molar-refractivity contribution >= 4 is 11.3 Å². The lowest BCUT2D eigenvalue weighted by Gasteiger charge is -2.08. The maximum Gasteiger partial charge on any atom is 0.0794 e. The van der Waals surface area contributed by atoms with Crippen LogP contribution in [0.4, 0.5) is 0 Å². The van der Waals surface area contributed by atoms with Gasteiger partial charge in [-0.05, 0) is 18.1 Å². The Kier molecular flexibility index (Phi) is 3.64. The zero-order valence-electron chi connectivity index (χ0n) is 9.26. The van der Waals surface area contributed by atoms with Gasteiger partial charge in [0.2, 0.25) is 0 Å². The number of aryl methyl sites for hydroxylation is 1. The van der Waals surface area contributed by atoms with Gasteiger partial charge in [-0.25, -0.2) is 0 Å². The molecule has 0 aliphatic rings. The normalized spacial score (nSPS) is 12.6. The Bertz CT molecular complexity index is 422. The second-order valence-electron chi connectivity index (χ2n) is 3.73. The highest BCUT2D eigenvalue weighted by Gasteiger charge is 2.09. The van der Waals surface area contributed by atoms with Gasteiger partial charge >= 0.3 is 0 Å². The van der Waals surface area contributed by atoms with Crippen LogP contribution >= 0.6 is 11.3 Å². The molecule has 2 heterocycles. The average molecular weight is 233 g/mol. The van der Waals surface area contributed by atoms with E-state index < -0.39 is 0 Å². The molecule has 0 saturated heterocycles. The number of hydrogen-bond acceptors (Lipinski definition) is 4. The van der Waals surface area contributed by atoms with Gasteiger partial charge in [0, 0.05) is 35.4 Å². The fraction of sp³-hybridized carbons (Fsp3) is 0.333. The molecule has 0 radical (unpaired) electrons. The third kappa shape index (κ3) is 2.65. The van der Waals surface area contributed by atoms with Crippen molar-refractivity contribution in [2.45, 2.75) is 25.8 Å². The molecule has 0 aliphatic carbocycles. The average Bonchev–Trinajstić information content (AvgIpc) is 2.83.